The third kappa shape index (κ3) is 5.24. The second-order valence-corrected chi connectivity index (χ2v) is 6.64. The van der Waals surface area contributed by atoms with Gasteiger partial charge in [-0.25, -0.2) is 0 Å². The highest BCUT2D eigenvalue weighted by Crippen LogP contribution is 2.19. The van der Waals surface area contributed by atoms with E-state index in [1.165, 1.54) is 0 Å². The van der Waals surface area contributed by atoms with Gasteiger partial charge in [-0.3, -0.25) is 19.7 Å². The van der Waals surface area contributed by atoms with Crippen molar-refractivity contribution in [2.75, 3.05) is 5.32 Å². The molecule has 6 heteroatoms. The Morgan fingerprint density at radius 1 is 1.11 bits per heavy atom. The van der Waals surface area contributed by atoms with E-state index in [0.717, 1.165) is 11.1 Å². The molecule has 1 aliphatic rings. The quantitative estimate of drug-likeness (QED) is 0.737. The van der Waals surface area contributed by atoms with Gasteiger partial charge in [0.15, 0.2) is 0 Å². The fraction of sp³-hybridized carbons (Fsp3) is 0.286. The van der Waals surface area contributed by atoms with E-state index in [4.69, 9.17) is 4.74 Å². The standard InChI is InChI=1S/C21H22N2O4/c1-14(27-13-16-5-3-2-4-6-16)20(25)22-18-9-7-15(8-10-18)11-17-12-19(24)23-21(17)26/h2-10,14,17H,11-13H2,1H3,(H,22,25)(H,23,24,26). The summed E-state index contributed by atoms with van der Waals surface area (Å²) in [6.07, 6.45) is 0.147. The molecule has 6 nitrogen and oxygen atoms in total. The second-order valence-electron chi connectivity index (χ2n) is 6.64. The molecule has 3 amide bonds. The number of hydrogen-bond donors (Lipinski definition) is 2. The Morgan fingerprint density at radius 3 is 2.44 bits per heavy atom. The number of carbonyl (C=O) groups is 3. The smallest absolute Gasteiger partial charge is 0.253 e. The average molecular weight is 366 g/mol. The number of benzene rings is 2. The molecule has 2 atom stereocenters. The number of rotatable bonds is 7. The maximum Gasteiger partial charge on any atom is 0.253 e. The SMILES string of the molecule is CC(OCc1ccccc1)C(=O)Nc1ccc(CC2CC(=O)NC2=O)cc1. The molecule has 1 fully saturated rings. The Labute approximate surface area is 157 Å². The van der Waals surface area contributed by atoms with Crippen LogP contribution in [0.3, 0.4) is 0 Å². The molecule has 1 heterocycles. The first-order valence-corrected chi connectivity index (χ1v) is 8.90. The summed E-state index contributed by atoms with van der Waals surface area (Å²) in [7, 11) is 0. The van der Waals surface area contributed by atoms with Gasteiger partial charge in [-0.2, -0.15) is 0 Å². The lowest BCUT2D eigenvalue weighted by Gasteiger charge is -2.14. The summed E-state index contributed by atoms with van der Waals surface area (Å²) in [5.41, 5.74) is 2.61. The number of hydrogen-bond acceptors (Lipinski definition) is 4. The molecule has 0 bridgehead atoms. The molecule has 2 aromatic carbocycles. The molecular formula is C21H22N2O4. The van der Waals surface area contributed by atoms with E-state index in [1.807, 2.05) is 42.5 Å². The Bertz CT molecular complexity index is 818. The van der Waals surface area contributed by atoms with Crippen molar-refractivity contribution in [3.05, 3.63) is 65.7 Å². The summed E-state index contributed by atoms with van der Waals surface area (Å²) in [5, 5.41) is 5.13. The molecular weight excluding hydrogens is 344 g/mol. The number of imide groups is 1. The maximum absolute atomic E-state index is 12.2. The van der Waals surface area contributed by atoms with E-state index in [2.05, 4.69) is 10.6 Å². The third-order valence-corrected chi connectivity index (χ3v) is 4.48. The van der Waals surface area contributed by atoms with Crippen molar-refractivity contribution in [2.45, 2.75) is 32.5 Å². The van der Waals surface area contributed by atoms with E-state index in [0.29, 0.717) is 18.7 Å². The maximum atomic E-state index is 12.2. The highest BCUT2D eigenvalue weighted by molar-refractivity contribution is 6.03. The molecule has 0 spiro atoms. The van der Waals surface area contributed by atoms with Crippen LogP contribution in [0.1, 0.15) is 24.5 Å². The summed E-state index contributed by atoms with van der Waals surface area (Å²) in [4.78, 5) is 35.1. The minimum absolute atomic E-state index is 0.221. The van der Waals surface area contributed by atoms with Crippen molar-refractivity contribution in [1.29, 1.82) is 0 Å². The van der Waals surface area contributed by atoms with Gasteiger partial charge >= 0.3 is 0 Å². The number of carbonyl (C=O) groups excluding carboxylic acids is 3. The van der Waals surface area contributed by atoms with Crippen molar-refractivity contribution in [3.63, 3.8) is 0 Å². The zero-order valence-corrected chi connectivity index (χ0v) is 15.1. The Balaban J connectivity index is 1.49. The van der Waals surface area contributed by atoms with Crippen LogP contribution in [0.15, 0.2) is 54.6 Å². The van der Waals surface area contributed by atoms with Gasteiger partial charge in [0.1, 0.15) is 6.10 Å². The van der Waals surface area contributed by atoms with Gasteiger partial charge in [-0.15, -0.1) is 0 Å². The van der Waals surface area contributed by atoms with Crippen LogP contribution in [0.4, 0.5) is 5.69 Å². The van der Waals surface area contributed by atoms with Crippen LogP contribution >= 0.6 is 0 Å². The first-order valence-electron chi connectivity index (χ1n) is 8.90. The van der Waals surface area contributed by atoms with Crippen LogP contribution in [-0.2, 0) is 32.1 Å². The Kier molecular flexibility index (Phi) is 5.98. The molecule has 27 heavy (non-hydrogen) atoms. The number of ether oxygens (including phenoxy) is 1. The molecule has 2 N–H and O–H groups in total. The average Bonchev–Trinajstić information content (AvgIpc) is 2.99. The van der Waals surface area contributed by atoms with E-state index in [1.54, 1.807) is 19.1 Å². The lowest BCUT2D eigenvalue weighted by atomic mass is 9.98. The van der Waals surface area contributed by atoms with Crippen LogP contribution in [0.25, 0.3) is 0 Å². The van der Waals surface area contributed by atoms with Gasteiger partial charge in [-0.1, -0.05) is 42.5 Å². The normalized spacial score (nSPS) is 17.4. The van der Waals surface area contributed by atoms with E-state index in [-0.39, 0.29) is 30.1 Å². The number of amides is 3. The second kappa shape index (κ2) is 8.60. The fourth-order valence-corrected chi connectivity index (χ4v) is 2.90. The van der Waals surface area contributed by atoms with Crippen molar-refractivity contribution < 1.29 is 19.1 Å². The molecule has 0 saturated carbocycles. The van der Waals surface area contributed by atoms with Crippen molar-refractivity contribution in [3.8, 4) is 0 Å². The molecule has 2 aromatic rings. The van der Waals surface area contributed by atoms with E-state index < -0.39 is 6.10 Å². The summed E-state index contributed by atoms with van der Waals surface area (Å²) in [6, 6.07) is 16.9. The lowest BCUT2D eigenvalue weighted by Crippen LogP contribution is -2.27. The first kappa shape index (κ1) is 18.8. The van der Waals surface area contributed by atoms with E-state index in [9.17, 15) is 14.4 Å². The fourth-order valence-electron chi connectivity index (χ4n) is 2.90. The van der Waals surface area contributed by atoms with Gasteiger partial charge in [0.25, 0.3) is 5.91 Å². The Hall–Kier alpha value is -2.99. The van der Waals surface area contributed by atoms with Gasteiger partial charge in [0, 0.05) is 12.1 Å². The number of nitrogens with one attached hydrogen (secondary N) is 2. The summed E-state index contributed by atoms with van der Waals surface area (Å²) >= 11 is 0. The summed E-state index contributed by atoms with van der Waals surface area (Å²) in [6.45, 7) is 2.08. The van der Waals surface area contributed by atoms with Crippen LogP contribution in [0, 0.1) is 5.92 Å². The molecule has 0 radical (unpaired) electrons. The number of anilines is 1. The van der Waals surface area contributed by atoms with E-state index >= 15 is 0 Å². The molecule has 140 valence electrons. The van der Waals surface area contributed by atoms with Crippen molar-refractivity contribution >= 4 is 23.4 Å². The molecule has 0 aliphatic carbocycles. The van der Waals surface area contributed by atoms with Crippen molar-refractivity contribution in [1.82, 2.24) is 5.32 Å². The summed E-state index contributed by atoms with van der Waals surface area (Å²) in [5.74, 6) is -0.982. The largest absolute Gasteiger partial charge is 0.364 e. The van der Waals surface area contributed by atoms with Crippen LogP contribution in [0.5, 0.6) is 0 Å². The topological polar surface area (TPSA) is 84.5 Å². The lowest BCUT2D eigenvalue weighted by molar-refractivity contribution is -0.127. The van der Waals surface area contributed by atoms with Gasteiger partial charge in [0.2, 0.25) is 11.8 Å². The zero-order valence-electron chi connectivity index (χ0n) is 15.1. The van der Waals surface area contributed by atoms with Crippen LogP contribution in [0.2, 0.25) is 0 Å². The predicted octanol–water partition coefficient (Wildman–Crippen LogP) is 2.44. The van der Waals surface area contributed by atoms with Crippen LogP contribution in [-0.4, -0.2) is 23.8 Å². The monoisotopic (exact) mass is 366 g/mol. The van der Waals surface area contributed by atoms with Crippen molar-refractivity contribution in [2.24, 2.45) is 5.92 Å². The molecule has 0 aromatic heterocycles. The molecule has 1 saturated heterocycles. The molecule has 1 aliphatic heterocycles. The molecule has 3 rings (SSSR count). The third-order valence-electron chi connectivity index (χ3n) is 4.48. The highest BCUT2D eigenvalue weighted by Gasteiger charge is 2.30. The highest BCUT2D eigenvalue weighted by atomic mass is 16.5. The van der Waals surface area contributed by atoms with Crippen LogP contribution < -0.4 is 10.6 Å². The molecule has 2 unspecified atom stereocenters. The predicted molar refractivity (Wildman–Crippen MR) is 101 cm³/mol. The van der Waals surface area contributed by atoms with Gasteiger partial charge in [0.05, 0.1) is 12.5 Å². The van der Waals surface area contributed by atoms with Gasteiger partial charge < -0.3 is 10.1 Å². The first-order chi connectivity index (χ1) is 13.0. The summed E-state index contributed by atoms with van der Waals surface area (Å²) < 4.78 is 5.61. The minimum atomic E-state index is -0.585. The zero-order chi connectivity index (χ0) is 19.2. The Morgan fingerprint density at radius 2 is 1.81 bits per heavy atom. The van der Waals surface area contributed by atoms with Gasteiger partial charge in [-0.05, 0) is 36.6 Å². The minimum Gasteiger partial charge on any atom is -0.364 e.